The molecule has 0 spiro atoms. The third-order valence-electron chi connectivity index (χ3n) is 2.35. The summed E-state index contributed by atoms with van der Waals surface area (Å²) in [6.07, 6.45) is 7.62. The van der Waals surface area contributed by atoms with Gasteiger partial charge in [0.25, 0.3) is 0 Å². The van der Waals surface area contributed by atoms with Gasteiger partial charge in [-0.3, -0.25) is 4.98 Å². The molecule has 0 N–H and O–H groups in total. The number of ether oxygens (including phenoxy) is 1. The molecule has 1 aromatic heterocycles. The summed E-state index contributed by atoms with van der Waals surface area (Å²) in [7, 11) is 0. The molecule has 0 aliphatic rings. The molecule has 0 saturated carbocycles. The standard InChI is InChI=1S/C13H21NO/c1-3-5-7-12-8-9-13(11-14-12)15-10-6-4-2/h8-9,11H,3-7,10H2,1-2H3. The van der Waals surface area contributed by atoms with E-state index >= 15 is 0 Å². The van der Waals surface area contributed by atoms with Crippen LogP contribution in [0.1, 0.15) is 45.2 Å². The van der Waals surface area contributed by atoms with Gasteiger partial charge in [-0.25, -0.2) is 0 Å². The van der Waals surface area contributed by atoms with E-state index in [4.69, 9.17) is 4.74 Å². The Morgan fingerprint density at radius 2 is 1.93 bits per heavy atom. The van der Waals surface area contributed by atoms with Gasteiger partial charge in [0.05, 0.1) is 12.8 Å². The largest absolute Gasteiger partial charge is 0.492 e. The minimum Gasteiger partial charge on any atom is -0.492 e. The maximum Gasteiger partial charge on any atom is 0.137 e. The van der Waals surface area contributed by atoms with Gasteiger partial charge in [0.15, 0.2) is 0 Å². The summed E-state index contributed by atoms with van der Waals surface area (Å²) in [6.45, 7) is 5.16. The van der Waals surface area contributed by atoms with Crippen LogP contribution in [0.25, 0.3) is 0 Å². The highest BCUT2D eigenvalue weighted by atomic mass is 16.5. The first-order chi connectivity index (χ1) is 7.36. The summed E-state index contributed by atoms with van der Waals surface area (Å²) in [5.74, 6) is 0.892. The van der Waals surface area contributed by atoms with E-state index in [1.54, 1.807) is 0 Å². The molecule has 1 aromatic rings. The van der Waals surface area contributed by atoms with Crippen LogP contribution in [-0.2, 0) is 6.42 Å². The number of hydrogen-bond acceptors (Lipinski definition) is 2. The first-order valence-corrected chi connectivity index (χ1v) is 5.94. The summed E-state index contributed by atoms with van der Waals surface area (Å²) in [6, 6.07) is 4.09. The Bertz CT molecular complexity index is 256. The SMILES string of the molecule is CCCCOc1ccc(CCCC)nc1. The number of nitrogens with zero attached hydrogens (tertiary/aromatic N) is 1. The molecule has 0 radical (unpaired) electrons. The normalized spacial score (nSPS) is 10.3. The van der Waals surface area contributed by atoms with Gasteiger partial charge in [0.1, 0.15) is 5.75 Å². The van der Waals surface area contributed by atoms with E-state index in [0.29, 0.717) is 0 Å². The van der Waals surface area contributed by atoms with Gasteiger partial charge in [-0.1, -0.05) is 26.7 Å². The van der Waals surface area contributed by atoms with Gasteiger partial charge in [-0.05, 0) is 31.4 Å². The van der Waals surface area contributed by atoms with Crippen molar-refractivity contribution in [1.82, 2.24) is 4.98 Å². The minimum absolute atomic E-state index is 0.798. The van der Waals surface area contributed by atoms with Gasteiger partial charge in [-0.2, -0.15) is 0 Å². The van der Waals surface area contributed by atoms with Gasteiger partial charge in [0, 0.05) is 5.69 Å². The van der Waals surface area contributed by atoms with Crippen LogP contribution < -0.4 is 4.74 Å². The molecule has 1 rings (SSSR count). The van der Waals surface area contributed by atoms with E-state index in [9.17, 15) is 0 Å². The van der Waals surface area contributed by atoms with Crippen molar-refractivity contribution in [3.63, 3.8) is 0 Å². The van der Waals surface area contributed by atoms with Crippen molar-refractivity contribution in [3.05, 3.63) is 24.0 Å². The lowest BCUT2D eigenvalue weighted by Gasteiger charge is -2.05. The molecular weight excluding hydrogens is 186 g/mol. The molecule has 1 heterocycles. The number of rotatable bonds is 7. The predicted octanol–water partition coefficient (Wildman–Crippen LogP) is 3.60. The monoisotopic (exact) mass is 207 g/mol. The number of unbranched alkanes of at least 4 members (excludes halogenated alkanes) is 2. The molecule has 2 nitrogen and oxygen atoms in total. The van der Waals surface area contributed by atoms with Crippen LogP contribution in [0.4, 0.5) is 0 Å². The Labute approximate surface area is 92.7 Å². The van der Waals surface area contributed by atoms with E-state index in [0.717, 1.165) is 25.2 Å². The molecule has 0 atom stereocenters. The third-order valence-corrected chi connectivity index (χ3v) is 2.35. The average molecular weight is 207 g/mol. The molecular formula is C13H21NO. The van der Waals surface area contributed by atoms with Crippen LogP contribution in [0.15, 0.2) is 18.3 Å². The van der Waals surface area contributed by atoms with E-state index < -0.39 is 0 Å². The Kier molecular flexibility index (Phi) is 5.83. The van der Waals surface area contributed by atoms with Crippen molar-refractivity contribution in [2.75, 3.05) is 6.61 Å². The first-order valence-electron chi connectivity index (χ1n) is 5.94. The summed E-state index contributed by atoms with van der Waals surface area (Å²) in [5.41, 5.74) is 1.17. The van der Waals surface area contributed by atoms with Crippen LogP contribution in [0, 0.1) is 0 Å². The zero-order valence-electron chi connectivity index (χ0n) is 9.83. The fourth-order valence-corrected chi connectivity index (χ4v) is 1.34. The van der Waals surface area contributed by atoms with Crippen molar-refractivity contribution in [1.29, 1.82) is 0 Å². The summed E-state index contributed by atoms with van der Waals surface area (Å²) >= 11 is 0. The molecule has 0 aromatic carbocycles. The van der Waals surface area contributed by atoms with Crippen LogP contribution in [0.5, 0.6) is 5.75 Å². The van der Waals surface area contributed by atoms with Crippen molar-refractivity contribution in [2.24, 2.45) is 0 Å². The smallest absolute Gasteiger partial charge is 0.137 e. The molecule has 15 heavy (non-hydrogen) atoms. The molecule has 84 valence electrons. The fourth-order valence-electron chi connectivity index (χ4n) is 1.34. The lowest BCUT2D eigenvalue weighted by atomic mass is 10.2. The summed E-state index contributed by atoms with van der Waals surface area (Å²) < 4.78 is 5.54. The van der Waals surface area contributed by atoms with E-state index in [1.807, 2.05) is 12.3 Å². The molecule has 0 fully saturated rings. The van der Waals surface area contributed by atoms with Crippen LogP contribution in [-0.4, -0.2) is 11.6 Å². The Hall–Kier alpha value is -1.05. The second kappa shape index (κ2) is 7.27. The molecule has 0 aliphatic carbocycles. The summed E-state index contributed by atoms with van der Waals surface area (Å²) in [4.78, 5) is 4.37. The first kappa shape index (κ1) is 12.0. The van der Waals surface area contributed by atoms with Crippen LogP contribution >= 0.6 is 0 Å². The average Bonchev–Trinajstić information content (AvgIpc) is 2.28. The van der Waals surface area contributed by atoms with Gasteiger partial charge < -0.3 is 4.74 Å². The van der Waals surface area contributed by atoms with Crippen molar-refractivity contribution in [3.8, 4) is 5.75 Å². The van der Waals surface area contributed by atoms with Crippen LogP contribution in [0.2, 0.25) is 0 Å². The molecule has 0 bridgehead atoms. The zero-order chi connectivity index (χ0) is 10.9. The number of aryl methyl sites for hydroxylation is 1. The maximum absolute atomic E-state index is 5.54. The molecule has 0 unspecified atom stereocenters. The summed E-state index contributed by atoms with van der Waals surface area (Å²) in [5, 5.41) is 0. The zero-order valence-corrected chi connectivity index (χ0v) is 9.83. The van der Waals surface area contributed by atoms with Gasteiger partial charge in [0.2, 0.25) is 0 Å². The lowest BCUT2D eigenvalue weighted by molar-refractivity contribution is 0.308. The Morgan fingerprint density at radius 3 is 2.53 bits per heavy atom. The quantitative estimate of drug-likeness (QED) is 0.637. The second-order valence-electron chi connectivity index (χ2n) is 3.79. The second-order valence-corrected chi connectivity index (χ2v) is 3.79. The van der Waals surface area contributed by atoms with E-state index in [-0.39, 0.29) is 0 Å². The van der Waals surface area contributed by atoms with E-state index in [2.05, 4.69) is 24.9 Å². The van der Waals surface area contributed by atoms with Crippen LogP contribution in [0.3, 0.4) is 0 Å². The third kappa shape index (κ3) is 4.82. The fraction of sp³-hybridized carbons (Fsp3) is 0.615. The van der Waals surface area contributed by atoms with Crippen molar-refractivity contribution >= 4 is 0 Å². The van der Waals surface area contributed by atoms with Crippen molar-refractivity contribution < 1.29 is 4.74 Å². The highest BCUT2D eigenvalue weighted by Crippen LogP contribution is 2.11. The molecule has 2 heteroatoms. The van der Waals surface area contributed by atoms with Gasteiger partial charge in [-0.15, -0.1) is 0 Å². The van der Waals surface area contributed by atoms with E-state index in [1.165, 1.54) is 25.0 Å². The minimum atomic E-state index is 0.798. The predicted molar refractivity (Wildman–Crippen MR) is 63.3 cm³/mol. The highest BCUT2D eigenvalue weighted by molar-refractivity contribution is 5.19. The lowest BCUT2D eigenvalue weighted by Crippen LogP contribution is -1.97. The van der Waals surface area contributed by atoms with Gasteiger partial charge >= 0.3 is 0 Å². The molecule has 0 amide bonds. The van der Waals surface area contributed by atoms with Crippen molar-refractivity contribution in [2.45, 2.75) is 46.0 Å². The molecule has 0 aliphatic heterocycles. The topological polar surface area (TPSA) is 22.1 Å². The number of aromatic nitrogens is 1. The number of pyridine rings is 1. The Morgan fingerprint density at radius 1 is 1.13 bits per heavy atom. The highest BCUT2D eigenvalue weighted by Gasteiger charge is 1.96. The molecule has 0 saturated heterocycles. The Balaban J connectivity index is 2.35. The maximum atomic E-state index is 5.54. The number of hydrogen-bond donors (Lipinski definition) is 0.